The van der Waals surface area contributed by atoms with Crippen LogP contribution in [-0.2, 0) is 16.6 Å². The summed E-state index contributed by atoms with van der Waals surface area (Å²) in [6, 6.07) is 11.4. The topological polar surface area (TPSA) is 84.9 Å². The lowest BCUT2D eigenvalue weighted by Gasteiger charge is -2.18. The average Bonchev–Trinajstić information content (AvgIpc) is 2.76. The molecule has 0 heterocycles. The Balaban J connectivity index is 2.05. The normalized spacial score (nSPS) is 11.2. The summed E-state index contributed by atoms with van der Waals surface area (Å²) < 4.78 is 37.2. The lowest BCUT2D eigenvalue weighted by Crippen LogP contribution is -2.30. The number of benzene rings is 2. The van der Waals surface area contributed by atoms with Crippen molar-refractivity contribution in [1.82, 2.24) is 9.62 Å². The lowest BCUT2D eigenvalue weighted by molar-refractivity contribution is 0.0950. The Morgan fingerprint density at radius 2 is 1.77 bits per heavy atom. The third-order valence-corrected chi connectivity index (χ3v) is 6.57. The van der Waals surface area contributed by atoms with E-state index in [-0.39, 0.29) is 17.3 Å². The molecule has 0 fully saturated rings. The molecule has 162 valence electrons. The van der Waals surface area contributed by atoms with E-state index in [2.05, 4.69) is 11.9 Å². The number of methoxy groups -OCH3 is 1. The first-order valence-electron chi connectivity index (χ1n) is 9.66. The second-order valence-electron chi connectivity index (χ2n) is 6.38. The molecule has 0 spiro atoms. The maximum atomic E-state index is 12.5. The number of ether oxygens (including phenoxy) is 2. The first-order valence-corrected chi connectivity index (χ1v) is 11.1. The van der Waals surface area contributed by atoms with Crippen molar-refractivity contribution >= 4 is 15.9 Å². The predicted octanol–water partition coefficient (Wildman–Crippen LogP) is 3.22. The number of sulfonamides is 1. The fourth-order valence-corrected chi connectivity index (χ4v) is 4.31. The largest absolute Gasteiger partial charge is 0.493 e. The van der Waals surface area contributed by atoms with Gasteiger partial charge in [0.25, 0.3) is 5.91 Å². The first kappa shape index (κ1) is 23.4. The van der Waals surface area contributed by atoms with Crippen LogP contribution < -0.4 is 14.8 Å². The van der Waals surface area contributed by atoms with Gasteiger partial charge in [0.05, 0.1) is 12.0 Å². The van der Waals surface area contributed by atoms with Gasteiger partial charge in [0.2, 0.25) is 10.0 Å². The molecule has 8 heteroatoms. The number of hydrogen-bond donors (Lipinski definition) is 1. The highest BCUT2D eigenvalue weighted by atomic mass is 32.2. The van der Waals surface area contributed by atoms with Crippen LogP contribution in [0.1, 0.15) is 29.8 Å². The zero-order valence-corrected chi connectivity index (χ0v) is 18.4. The summed E-state index contributed by atoms with van der Waals surface area (Å²) in [5, 5.41) is 2.82. The third-order valence-electron chi connectivity index (χ3n) is 4.50. The van der Waals surface area contributed by atoms with Crippen LogP contribution in [0.4, 0.5) is 0 Å². The number of amides is 1. The molecule has 0 saturated carbocycles. The van der Waals surface area contributed by atoms with Crippen molar-refractivity contribution in [2.45, 2.75) is 25.3 Å². The van der Waals surface area contributed by atoms with E-state index < -0.39 is 10.0 Å². The molecule has 0 aliphatic rings. The minimum atomic E-state index is -3.50. The monoisotopic (exact) mass is 432 g/mol. The standard InChI is InChI=1S/C22H28N2O5S/c1-5-14-29-20-13-10-18(15-21(20)28-4)22(25)23-16-17-8-11-19(12-9-17)30(26,27)24(6-2)7-3/h5,8-13,15H,1,6-7,14,16H2,2-4H3,(H,23,25). The Morgan fingerprint density at radius 1 is 1.10 bits per heavy atom. The van der Waals surface area contributed by atoms with Crippen LogP contribution >= 0.6 is 0 Å². The lowest BCUT2D eigenvalue weighted by atomic mass is 10.1. The van der Waals surface area contributed by atoms with Gasteiger partial charge in [-0.05, 0) is 35.9 Å². The van der Waals surface area contributed by atoms with Gasteiger partial charge in [0, 0.05) is 25.2 Å². The van der Waals surface area contributed by atoms with Gasteiger partial charge in [-0.15, -0.1) is 0 Å². The molecular weight excluding hydrogens is 404 g/mol. The third kappa shape index (κ3) is 5.61. The molecule has 0 aromatic heterocycles. The van der Waals surface area contributed by atoms with Gasteiger partial charge in [-0.1, -0.05) is 38.6 Å². The van der Waals surface area contributed by atoms with E-state index in [1.54, 1.807) is 62.4 Å². The molecule has 0 saturated heterocycles. The van der Waals surface area contributed by atoms with Gasteiger partial charge >= 0.3 is 0 Å². The minimum Gasteiger partial charge on any atom is -0.493 e. The highest BCUT2D eigenvalue weighted by Crippen LogP contribution is 2.28. The van der Waals surface area contributed by atoms with Gasteiger partial charge < -0.3 is 14.8 Å². The molecule has 0 aliphatic heterocycles. The average molecular weight is 433 g/mol. The summed E-state index contributed by atoms with van der Waals surface area (Å²) in [6.45, 7) is 8.64. The molecule has 30 heavy (non-hydrogen) atoms. The Morgan fingerprint density at radius 3 is 2.33 bits per heavy atom. The van der Waals surface area contributed by atoms with E-state index in [9.17, 15) is 13.2 Å². The van der Waals surface area contributed by atoms with Crippen LogP contribution in [0, 0.1) is 0 Å². The highest BCUT2D eigenvalue weighted by molar-refractivity contribution is 7.89. The van der Waals surface area contributed by atoms with Gasteiger partial charge in [0.15, 0.2) is 11.5 Å². The molecule has 2 aromatic carbocycles. The second-order valence-corrected chi connectivity index (χ2v) is 8.32. The van der Waals surface area contributed by atoms with Crippen molar-refractivity contribution in [3.05, 3.63) is 66.2 Å². The van der Waals surface area contributed by atoms with Crippen molar-refractivity contribution < 1.29 is 22.7 Å². The molecule has 0 bridgehead atoms. The summed E-state index contributed by atoms with van der Waals surface area (Å²) >= 11 is 0. The molecule has 0 radical (unpaired) electrons. The minimum absolute atomic E-state index is 0.237. The predicted molar refractivity (Wildman–Crippen MR) is 116 cm³/mol. The van der Waals surface area contributed by atoms with Crippen LogP contribution in [0.2, 0.25) is 0 Å². The summed E-state index contributed by atoms with van der Waals surface area (Å²) in [7, 11) is -1.99. The van der Waals surface area contributed by atoms with E-state index >= 15 is 0 Å². The fraction of sp³-hybridized carbons (Fsp3) is 0.318. The van der Waals surface area contributed by atoms with Crippen LogP contribution in [0.15, 0.2) is 60.0 Å². The molecule has 1 N–H and O–H groups in total. The van der Waals surface area contributed by atoms with Crippen molar-refractivity contribution in [3.63, 3.8) is 0 Å². The molecule has 0 unspecified atom stereocenters. The smallest absolute Gasteiger partial charge is 0.251 e. The van der Waals surface area contributed by atoms with E-state index in [0.717, 1.165) is 5.56 Å². The molecule has 1 amide bonds. The fourth-order valence-electron chi connectivity index (χ4n) is 2.85. The van der Waals surface area contributed by atoms with Crippen molar-refractivity contribution in [2.24, 2.45) is 0 Å². The zero-order valence-electron chi connectivity index (χ0n) is 17.6. The van der Waals surface area contributed by atoms with E-state index in [1.165, 1.54) is 11.4 Å². The molecule has 0 aliphatic carbocycles. The molecular formula is C22H28N2O5S. The summed E-state index contributed by atoms with van der Waals surface area (Å²) in [5.41, 5.74) is 1.22. The number of nitrogens with one attached hydrogen (secondary N) is 1. The summed E-state index contributed by atoms with van der Waals surface area (Å²) in [5.74, 6) is 0.706. The van der Waals surface area contributed by atoms with Gasteiger partial charge in [-0.2, -0.15) is 4.31 Å². The van der Waals surface area contributed by atoms with Crippen molar-refractivity contribution in [1.29, 1.82) is 0 Å². The van der Waals surface area contributed by atoms with Crippen molar-refractivity contribution in [2.75, 3.05) is 26.8 Å². The van der Waals surface area contributed by atoms with Crippen LogP contribution in [-0.4, -0.2) is 45.4 Å². The van der Waals surface area contributed by atoms with E-state index in [4.69, 9.17) is 9.47 Å². The number of carbonyl (C=O) groups excluding carboxylic acids is 1. The SMILES string of the molecule is C=CCOc1ccc(C(=O)NCc2ccc(S(=O)(=O)N(CC)CC)cc2)cc1OC. The van der Waals surface area contributed by atoms with Crippen molar-refractivity contribution in [3.8, 4) is 11.5 Å². The number of hydrogen-bond acceptors (Lipinski definition) is 5. The first-order chi connectivity index (χ1) is 14.4. The maximum Gasteiger partial charge on any atom is 0.251 e. The summed E-state index contributed by atoms with van der Waals surface area (Å²) in [4.78, 5) is 12.7. The molecule has 2 aromatic rings. The Hall–Kier alpha value is -2.84. The quantitative estimate of drug-likeness (QED) is 0.551. The molecule has 2 rings (SSSR count). The highest BCUT2D eigenvalue weighted by Gasteiger charge is 2.21. The Bertz CT molecular complexity index is 968. The van der Waals surface area contributed by atoms with Crippen LogP contribution in [0.25, 0.3) is 0 Å². The van der Waals surface area contributed by atoms with Gasteiger partial charge in [0.1, 0.15) is 6.61 Å². The zero-order chi connectivity index (χ0) is 22.1. The number of carbonyl (C=O) groups is 1. The second kappa shape index (κ2) is 10.8. The Labute approximate surface area is 178 Å². The summed E-state index contributed by atoms with van der Waals surface area (Å²) in [6.07, 6.45) is 1.62. The maximum absolute atomic E-state index is 12.5. The van der Waals surface area contributed by atoms with E-state index in [1.807, 2.05) is 0 Å². The van der Waals surface area contributed by atoms with Crippen LogP contribution in [0.5, 0.6) is 11.5 Å². The van der Waals surface area contributed by atoms with Crippen LogP contribution in [0.3, 0.4) is 0 Å². The Kier molecular flexibility index (Phi) is 8.44. The molecule has 0 atom stereocenters. The number of rotatable bonds is 11. The van der Waals surface area contributed by atoms with Gasteiger partial charge in [-0.25, -0.2) is 8.42 Å². The van der Waals surface area contributed by atoms with E-state index in [0.29, 0.717) is 36.8 Å². The van der Waals surface area contributed by atoms with Gasteiger partial charge in [-0.3, -0.25) is 4.79 Å². The molecule has 7 nitrogen and oxygen atoms in total. The number of nitrogens with zero attached hydrogens (tertiary/aromatic N) is 1.